The Balaban J connectivity index is 2.07. The normalized spacial score (nSPS) is 19.8. The summed E-state index contributed by atoms with van der Waals surface area (Å²) >= 11 is 0. The highest BCUT2D eigenvalue weighted by Gasteiger charge is 2.20. The molecule has 0 aliphatic carbocycles. The lowest BCUT2D eigenvalue weighted by Gasteiger charge is -2.22. The summed E-state index contributed by atoms with van der Waals surface area (Å²) in [6.45, 7) is 7.31. The van der Waals surface area contributed by atoms with Crippen LogP contribution in [0.3, 0.4) is 0 Å². The Labute approximate surface area is 107 Å². The highest BCUT2D eigenvalue weighted by atomic mass is 16.2. The number of aromatic nitrogens is 3. The highest BCUT2D eigenvalue weighted by molar-refractivity contribution is 5.91. The maximum atomic E-state index is 12.1. The summed E-state index contributed by atoms with van der Waals surface area (Å²) < 4.78 is 1.82. The molecule has 1 aromatic rings. The van der Waals surface area contributed by atoms with E-state index < -0.39 is 0 Å². The summed E-state index contributed by atoms with van der Waals surface area (Å²) in [7, 11) is 0. The quantitative estimate of drug-likeness (QED) is 0.855. The van der Waals surface area contributed by atoms with Crippen LogP contribution in [0.5, 0.6) is 0 Å². The molecule has 0 spiro atoms. The van der Waals surface area contributed by atoms with Crippen molar-refractivity contribution >= 4 is 5.91 Å². The molecule has 0 bridgehead atoms. The fourth-order valence-electron chi connectivity index (χ4n) is 2.29. The second kappa shape index (κ2) is 5.95. The van der Waals surface area contributed by atoms with Gasteiger partial charge in [-0.1, -0.05) is 5.21 Å². The number of rotatable bonds is 4. The Bertz CT molecular complexity index is 393. The van der Waals surface area contributed by atoms with E-state index in [1.54, 1.807) is 11.1 Å². The molecule has 1 aliphatic heterocycles. The minimum atomic E-state index is -0.0324. The fraction of sp³-hybridized carbons (Fsp3) is 0.750. The van der Waals surface area contributed by atoms with E-state index in [0.717, 1.165) is 25.9 Å². The first-order chi connectivity index (χ1) is 8.76. The third kappa shape index (κ3) is 2.69. The van der Waals surface area contributed by atoms with Crippen LogP contribution in [0.1, 0.15) is 43.2 Å². The van der Waals surface area contributed by atoms with Crippen LogP contribution in [0.2, 0.25) is 0 Å². The first kappa shape index (κ1) is 13.0. The molecule has 1 fully saturated rings. The van der Waals surface area contributed by atoms with E-state index in [1.165, 1.54) is 0 Å². The predicted octanol–water partition coefficient (Wildman–Crippen LogP) is 0.685. The van der Waals surface area contributed by atoms with Crippen LogP contribution in [-0.2, 0) is 0 Å². The molecule has 2 heterocycles. The van der Waals surface area contributed by atoms with Crippen LogP contribution < -0.4 is 5.32 Å². The van der Waals surface area contributed by atoms with E-state index in [2.05, 4.69) is 15.6 Å². The number of amides is 1. The van der Waals surface area contributed by atoms with Gasteiger partial charge in [0.05, 0.1) is 12.2 Å². The summed E-state index contributed by atoms with van der Waals surface area (Å²) in [5.41, 5.74) is 0.448. The van der Waals surface area contributed by atoms with Gasteiger partial charge in [0, 0.05) is 19.6 Å². The number of carbonyl (C=O) groups is 1. The SMILES string of the molecule is CCN(CC)C(=O)c1cn(C2CCCNC2)nn1. The Kier molecular flexibility index (Phi) is 4.30. The summed E-state index contributed by atoms with van der Waals surface area (Å²) in [6.07, 6.45) is 4.01. The van der Waals surface area contributed by atoms with Crippen molar-refractivity contribution in [2.45, 2.75) is 32.7 Å². The lowest BCUT2D eigenvalue weighted by atomic mass is 10.1. The van der Waals surface area contributed by atoms with Gasteiger partial charge in [-0.2, -0.15) is 0 Å². The monoisotopic (exact) mass is 251 g/mol. The molecule has 1 aromatic heterocycles. The highest BCUT2D eigenvalue weighted by Crippen LogP contribution is 2.15. The van der Waals surface area contributed by atoms with Crippen LogP contribution in [0.15, 0.2) is 6.20 Å². The van der Waals surface area contributed by atoms with E-state index in [4.69, 9.17) is 0 Å². The molecule has 0 saturated carbocycles. The van der Waals surface area contributed by atoms with Crippen LogP contribution in [0.4, 0.5) is 0 Å². The van der Waals surface area contributed by atoms with Gasteiger partial charge < -0.3 is 10.2 Å². The molecule has 0 radical (unpaired) electrons. The Hall–Kier alpha value is -1.43. The number of piperidine rings is 1. The van der Waals surface area contributed by atoms with Crippen LogP contribution in [-0.4, -0.2) is 52.0 Å². The fourth-order valence-corrected chi connectivity index (χ4v) is 2.29. The zero-order valence-electron chi connectivity index (χ0n) is 11.1. The van der Waals surface area contributed by atoms with Gasteiger partial charge in [-0.05, 0) is 33.2 Å². The molecular formula is C12H21N5O. The molecule has 18 heavy (non-hydrogen) atoms. The molecule has 1 atom stereocenters. The van der Waals surface area contributed by atoms with Crippen molar-refractivity contribution in [3.63, 3.8) is 0 Å². The number of nitrogens with zero attached hydrogens (tertiary/aromatic N) is 4. The molecule has 0 aromatic carbocycles. The average Bonchev–Trinajstić information content (AvgIpc) is 2.90. The van der Waals surface area contributed by atoms with Gasteiger partial charge in [0.15, 0.2) is 5.69 Å². The van der Waals surface area contributed by atoms with Gasteiger partial charge in [-0.15, -0.1) is 5.10 Å². The molecule has 1 N–H and O–H groups in total. The molecule has 2 rings (SSSR count). The maximum Gasteiger partial charge on any atom is 0.276 e. The lowest BCUT2D eigenvalue weighted by Crippen LogP contribution is -2.32. The van der Waals surface area contributed by atoms with Gasteiger partial charge >= 0.3 is 0 Å². The molecule has 100 valence electrons. The zero-order valence-corrected chi connectivity index (χ0v) is 11.1. The third-order valence-electron chi connectivity index (χ3n) is 3.43. The molecular weight excluding hydrogens is 230 g/mol. The van der Waals surface area contributed by atoms with Gasteiger partial charge in [0.1, 0.15) is 0 Å². The standard InChI is InChI=1S/C12H21N5O/c1-3-16(4-2)12(18)11-9-17(15-14-11)10-6-5-7-13-8-10/h9-10,13H,3-8H2,1-2H3. The van der Waals surface area contributed by atoms with Crippen molar-refractivity contribution in [2.75, 3.05) is 26.2 Å². The van der Waals surface area contributed by atoms with E-state index in [9.17, 15) is 4.79 Å². The Morgan fingerprint density at radius 3 is 2.94 bits per heavy atom. The van der Waals surface area contributed by atoms with Crippen molar-refractivity contribution < 1.29 is 4.79 Å². The number of nitrogens with one attached hydrogen (secondary N) is 1. The number of hydrogen-bond donors (Lipinski definition) is 1. The van der Waals surface area contributed by atoms with Crippen LogP contribution >= 0.6 is 0 Å². The number of hydrogen-bond acceptors (Lipinski definition) is 4. The average molecular weight is 251 g/mol. The summed E-state index contributed by atoms with van der Waals surface area (Å²) in [4.78, 5) is 13.9. The van der Waals surface area contributed by atoms with Crippen molar-refractivity contribution in [3.05, 3.63) is 11.9 Å². The molecule has 1 saturated heterocycles. The topological polar surface area (TPSA) is 63.1 Å². The van der Waals surface area contributed by atoms with Crippen LogP contribution in [0, 0.1) is 0 Å². The molecule has 1 unspecified atom stereocenters. The van der Waals surface area contributed by atoms with Crippen molar-refractivity contribution in [1.82, 2.24) is 25.2 Å². The van der Waals surface area contributed by atoms with Crippen molar-refractivity contribution in [3.8, 4) is 0 Å². The molecule has 6 nitrogen and oxygen atoms in total. The first-order valence-electron chi connectivity index (χ1n) is 6.68. The van der Waals surface area contributed by atoms with E-state index in [-0.39, 0.29) is 5.91 Å². The predicted molar refractivity (Wildman–Crippen MR) is 68.4 cm³/mol. The summed E-state index contributed by atoms with van der Waals surface area (Å²) in [5, 5.41) is 11.4. The minimum absolute atomic E-state index is 0.0324. The van der Waals surface area contributed by atoms with E-state index in [0.29, 0.717) is 24.8 Å². The largest absolute Gasteiger partial charge is 0.338 e. The van der Waals surface area contributed by atoms with E-state index in [1.807, 2.05) is 18.5 Å². The molecule has 6 heteroatoms. The smallest absolute Gasteiger partial charge is 0.276 e. The second-order valence-corrected chi connectivity index (χ2v) is 4.56. The lowest BCUT2D eigenvalue weighted by molar-refractivity contribution is 0.0767. The molecule has 1 amide bonds. The Morgan fingerprint density at radius 1 is 1.56 bits per heavy atom. The second-order valence-electron chi connectivity index (χ2n) is 4.56. The third-order valence-corrected chi connectivity index (χ3v) is 3.43. The van der Waals surface area contributed by atoms with Gasteiger partial charge in [0.25, 0.3) is 5.91 Å². The van der Waals surface area contributed by atoms with Crippen LogP contribution in [0.25, 0.3) is 0 Å². The summed E-state index contributed by atoms with van der Waals surface area (Å²) in [6, 6.07) is 0.324. The van der Waals surface area contributed by atoms with Crippen molar-refractivity contribution in [1.29, 1.82) is 0 Å². The van der Waals surface area contributed by atoms with Crippen molar-refractivity contribution in [2.24, 2.45) is 0 Å². The number of carbonyl (C=O) groups excluding carboxylic acids is 1. The van der Waals surface area contributed by atoms with Gasteiger partial charge in [-0.3, -0.25) is 4.79 Å². The zero-order chi connectivity index (χ0) is 13.0. The minimum Gasteiger partial charge on any atom is -0.338 e. The Morgan fingerprint density at radius 2 is 2.33 bits per heavy atom. The maximum absolute atomic E-state index is 12.1. The van der Waals surface area contributed by atoms with E-state index >= 15 is 0 Å². The first-order valence-corrected chi connectivity index (χ1v) is 6.68. The molecule has 1 aliphatic rings. The summed E-state index contributed by atoms with van der Waals surface area (Å²) in [5.74, 6) is -0.0324. The van der Waals surface area contributed by atoms with Gasteiger partial charge in [-0.25, -0.2) is 4.68 Å². The van der Waals surface area contributed by atoms with Gasteiger partial charge in [0.2, 0.25) is 0 Å².